The molecule has 1 saturated carbocycles. The van der Waals surface area contributed by atoms with Gasteiger partial charge in [0.1, 0.15) is 5.82 Å². The predicted octanol–water partition coefficient (Wildman–Crippen LogP) is 5.12. The smallest absolute Gasteiger partial charge is 0.131 e. The van der Waals surface area contributed by atoms with E-state index in [1.54, 1.807) is 0 Å². The van der Waals surface area contributed by atoms with Crippen LogP contribution in [0.3, 0.4) is 0 Å². The fraction of sp³-hybridized carbons (Fsp3) is 0.350. The van der Waals surface area contributed by atoms with Crippen LogP contribution in [0.4, 0.5) is 0 Å². The van der Waals surface area contributed by atoms with Crippen molar-refractivity contribution in [1.82, 2.24) is 15.0 Å². The molecular weight excluding hydrogens is 314 g/mol. The molecule has 5 rings (SSSR count). The summed E-state index contributed by atoms with van der Waals surface area (Å²) in [6.45, 7) is 0. The van der Waals surface area contributed by atoms with Gasteiger partial charge in [0, 0.05) is 45.0 Å². The maximum Gasteiger partial charge on any atom is 0.131 e. The van der Waals surface area contributed by atoms with E-state index >= 15 is 0 Å². The number of allylic oxidation sites excluding steroid dienone is 1. The standard InChI is InChI=1S/C20H19N3S/c1-2-7-17-16(12-22-20(23-17)13-4-3-5-13)15(6-1)19-10-14-11-21-9-8-18(14)24-19/h6,8-13H,1-5,7H2. The Kier molecular flexibility index (Phi) is 3.44. The Morgan fingerprint density at radius 2 is 2.08 bits per heavy atom. The van der Waals surface area contributed by atoms with Gasteiger partial charge in [-0.1, -0.05) is 12.5 Å². The van der Waals surface area contributed by atoms with E-state index in [1.165, 1.54) is 57.5 Å². The molecule has 0 saturated heterocycles. The summed E-state index contributed by atoms with van der Waals surface area (Å²) in [5.74, 6) is 1.67. The van der Waals surface area contributed by atoms with Gasteiger partial charge in [-0.3, -0.25) is 4.98 Å². The number of aryl methyl sites for hydroxylation is 1. The maximum atomic E-state index is 4.97. The van der Waals surface area contributed by atoms with Crippen molar-refractivity contribution in [2.24, 2.45) is 0 Å². The van der Waals surface area contributed by atoms with Gasteiger partial charge < -0.3 is 0 Å². The fourth-order valence-electron chi connectivity index (χ4n) is 3.59. The zero-order valence-corrected chi connectivity index (χ0v) is 14.4. The summed E-state index contributed by atoms with van der Waals surface area (Å²) in [6.07, 6.45) is 15.4. The first kappa shape index (κ1) is 14.3. The van der Waals surface area contributed by atoms with Crippen molar-refractivity contribution in [3.05, 3.63) is 58.8 Å². The largest absolute Gasteiger partial charge is 0.264 e. The monoisotopic (exact) mass is 333 g/mol. The topological polar surface area (TPSA) is 38.7 Å². The first-order chi connectivity index (χ1) is 11.9. The molecule has 1 fully saturated rings. The van der Waals surface area contributed by atoms with Crippen molar-refractivity contribution in [3.8, 4) is 0 Å². The van der Waals surface area contributed by atoms with Crippen molar-refractivity contribution in [3.63, 3.8) is 0 Å². The highest BCUT2D eigenvalue weighted by molar-refractivity contribution is 7.20. The number of hydrogen-bond donors (Lipinski definition) is 0. The van der Waals surface area contributed by atoms with Gasteiger partial charge in [-0.15, -0.1) is 11.3 Å². The predicted molar refractivity (Wildman–Crippen MR) is 98.3 cm³/mol. The molecule has 0 radical (unpaired) electrons. The summed E-state index contributed by atoms with van der Waals surface area (Å²) in [6, 6.07) is 4.35. The molecule has 3 nitrogen and oxygen atoms in total. The Hall–Kier alpha value is -2.07. The SMILES string of the molecule is C1=C(c2cc3cnccc3s2)c2cnc(C3CCC3)nc2CCC1. The summed E-state index contributed by atoms with van der Waals surface area (Å²) in [5, 5.41) is 1.22. The molecule has 0 aromatic carbocycles. The van der Waals surface area contributed by atoms with Crippen LogP contribution in [-0.2, 0) is 6.42 Å². The molecule has 0 aliphatic heterocycles. The Morgan fingerprint density at radius 3 is 2.92 bits per heavy atom. The van der Waals surface area contributed by atoms with E-state index in [1.807, 2.05) is 23.7 Å². The molecular formula is C20H19N3S. The molecule has 0 atom stereocenters. The Morgan fingerprint density at radius 1 is 1.12 bits per heavy atom. The summed E-state index contributed by atoms with van der Waals surface area (Å²) in [4.78, 5) is 15.2. The Balaban J connectivity index is 1.60. The van der Waals surface area contributed by atoms with E-state index in [2.05, 4.69) is 29.4 Å². The summed E-state index contributed by atoms with van der Waals surface area (Å²) >= 11 is 1.84. The minimum atomic E-state index is 0.599. The third-order valence-electron chi connectivity index (χ3n) is 5.20. The van der Waals surface area contributed by atoms with Crippen LogP contribution in [-0.4, -0.2) is 15.0 Å². The van der Waals surface area contributed by atoms with Crippen LogP contribution in [0.2, 0.25) is 0 Å². The normalized spacial score (nSPS) is 17.9. The first-order valence-corrected chi connectivity index (χ1v) is 9.60. The first-order valence-electron chi connectivity index (χ1n) is 8.79. The van der Waals surface area contributed by atoms with Gasteiger partial charge in [0.25, 0.3) is 0 Å². The van der Waals surface area contributed by atoms with Gasteiger partial charge in [-0.2, -0.15) is 0 Å². The third-order valence-corrected chi connectivity index (χ3v) is 6.34. The minimum Gasteiger partial charge on any atom is -0.264 e. The van der Waals surface area contributed by atoms with Gasteiger partial charge in [-0.05, 0) is 49.8 Å². The van der Waals surface area contributed by atoms with Crippen LogP contribution in [0.5, 0.6) is 0 Å². The van der Waals surface area contributed by atoms with E-state index < -0.39 is 0 Å². The lowest BCUT2D eigenvalue weighted by atomic mass is 9.84. The third kappa shape index (κ3) is 2.37. The fourth-order valence-corrected chi connectivity index (χ4v) is 4.67. The molecule has 0 unspecified atom stereocenters. The van der Waals surface area contributed by atoms with Crippen LogP contribution < -0.4 is 0 Å². The average molecular weight is 333 g/mol. The number of rotatable bonds is 2. The van der Waals surface area contributed by atoms with E-state index in [9.17, 15) is 0 Å². The molecule has 3 aromatic rings. The van der Waals surface area contributed by atoms with E-state index in [4.69, 9.17) is 9.97 Å². The number of hydrogen-bond acceptors (Lipinski definition) is 4. The van der Waals surface area contributed by atoms with Gasteiger partial charge in [-0.25, -0.2) is 9.97 Å². The Bertz CT molecular complexity index is 904. The van der Waals surface area contributed by atoms with E-state index in [0.717, 1.165) is 18.7 Å². The average Bonchev–Trinajstić information content (AvgIpc) is 2.87. The van der Waals surface area contributed by atoms with Crippen molar-refractivity contribution in [2.75, 3.05) is 0 Å². The Labute approximate surface area is 145 Å². The summed E-state index contributed by atoms with van der Waals surface area (Å²) in [5.41, 5.74) is 3.78. The van der Waals surface area contributed by atoms with Crippen molar-refractivity contribution in [2.45, 2.75) is 44.4 Å². The van der Waals surface area contributed by atoms with Crippen molar-refractivity contribution in [1.29, 1.82) is 0 Å². The molecule has 3 heterocycles. The lowest BCUT2D eigenvalue weighted by Gasteiger charge is -2.24. The number of nitrogens with zero attached hydrogens (tertiary/aromatic N) is 3. The van der Waals surface area contributed by atoms with Crippen LogP contribution in [0, 0.1) is 0 Å². The molecule has 2 aliphatic carbocycles. The van der Waals surface area contributed by atoms with E-state index in [0.29, 0.717) is 5.92 Å². The van der Waals surface area contributed by atoms with Gasteiger partial charge >= 0.3 is 0 Å². The highest BCUT2D eigenvalue weighted by atomic mass is 32.1. The lowest BCUT2D eigenvalue weighted by molar-refractivity contribution is 0.400. The van der Waals surface area contributed by atoms with E-state index in [-0.39, 0.29) is 0 Å². The van der Waals surface area contributed by atoms with Gasteiger partial charge in [0.05, 0.1) is 5.69 Å². The molecule has 4 heteroatoms. The zero-order chi connectivity index (χ0) is 15.9. The number of fused-ring (bicyclic) bond motifs is 2. The van der Waals surface area contributed by atoms with Crippen molar-refractivity contribution < 1.29 is 0 Å². The second-order valence-corrected chi connectivity index (χ2v) is 7.83. The molecule has 0 N–H and O–H groups in total. The zero-order valence-electron chi connectivity index (χ0n) is 13.5. The molecule has 0 spiro atoms. The maximum absolute atomic E-state index is 4.97. The van der Waals surface area contributed by atoms with Crippen LogP contribution in [0.1, 0.15) is 60.0 Å². The number of pyridine rings is 1. The summed E-state index contributed by atoms with van der Waals surface area (Å²) < 4.78 is 1.29. The molecule has 0 amide bonds. The second-order valence-electron chi connectivity index (χ2n) is 6.75. The number of aromatic nitrogens is 3. The highest BCUT2D eigenvalue weighted by Crippen LogP contribution is 2.38. The molecule has 120 valence electrons. The van der Waals surface area contributed by atoms with Gasteiger partial charge in [0.15, 0.2) is 0 Å². The van der Waals surface area contributed by atoms with Crippen molar-refractivity contribution >= 4 is 27.0 Å². The summed E-state index contributed by atoms with van der Waals surface area (Å²) in [7, 11) is 0. The lowest BCUT2D eigenvalue weighted by Crippen LogP contribution is -2.14. The highest BCUT2D eigenvalue weighted by Gasteiger charge is 2.24. The molecule has 24 heavy (non-hydrogen) atoms. The van der Waals surface area contributed by atoms with Crippen LogP contribution in [0.15, 0.2) is 36.8 Å². The minimum absolute atomic E-state index is 0.599. The quantitative estimate of drug-likeness (QED) is 0.653. The second kappa shape index (κ2) is 5.78. The molecule has 3 aromatic heterocycles. The number of thiophene rings is 1. The molecule has 0 bridgehead atoms. The van der Waals surface area contributed by atoms with Crippen LogP contribution in [0.25, 0.3) is 15.7 Å². The molecule has 2 aliphatic rings. The van der Waals surface area contributed by atoms with Crippen LogP contribution >= 0.6 is 11.3 Å². The van der Waals surface area contributed by atoms with Gasteiger partial charge in [0.2, 0.25) is 0 Å².